The summed E-state index contributed by atoms with van der Waals surface area (Å²) in [5.74, 6) is -0.168. The van der Waals surface area contributed by atoms with Gasteiger partial charge in [0.1, 0.15) is 0 Å². The fourth-order valence-electron chi connectivity index (χ4n) is 0.707. The Hall–Kier alpha value is -1.58. The summed E-state index contributed by atoms with van der Waals surface area (Å²) in [6.07, 6.45) is 3.70. The van der Waals surface area contributed by atoms with Gasteiger partial charge in [0.05, 0.1) is 5.36 Å². The molecule has 4 heteroatoms. The number of nitrogens with two attached hydrogens (primary N) is 1. The maximum absolute atomic E-state index is 6.89. The molecule has 0 amide bonds. The number of hydrogen-bond donors (Lipinski definition) is 2. The Morgan fingerprint density at radius 3 is 2.55 bits per heavy atom. The standard InChI is InChI=1S/C7H10N4/c1-11-4-2-6(3-5-11)10-7(8)9/h2-5H,1H3,(H3,8,9). The average molecular weight is 150 g/mol. The van der Waals surface area contributed by atoms with Crippen LogP contribution in [0.3, 0.4) is 0 Å². The van der Waals surface area contributed by atoms with Crippen molar-refractivity contribution in [2.24, 2.45) is 17.8 Å². The van der Waals surface area contributed by atoms with Crippen molar-refractivity contribution in [1.82, 2.24) is 4.57 Å². The summed E-state index contributed by atoms with van der Waals surface area (Å²) in [6.45, 7) is 0. The largest absolute Gasteiger partial charge is 0.368 e. The van der Waals surface area contributed by atoms with Crippen LogP contribution in [0.1, 0.15) is 0 Å². The molecule has 0 saturated heterocycles. The fourth-order valence-corrected chi connectivity index (χ4v) is 0.707. The molecule has 0 atom stereocenters. The Labute approximate surface area is 64.5 Å². The van der Waals surface area contributed by atoms with E-state index < -0.39 is 0 Å². The van der Waals surface area contributed by atoms with Crippen molar-refractivity contribution >= 4 is 5.96 Å². The maximum Gasteiger partial charge on any atom is 0.212 e. The van der Waals surface area contributed by atoms with E-state index in [1.807, 2.05) is 24.0 Å². The SMILES string of the molecule is Cn1ccc(=NC(=N)N)cc1. The van der Waals surface area contributed by atoms with Crippen molar-refractivity contribution in [3.63, 3.8) is 0 Å². The Kier molecular flexibility index (Phi) is 2.06. The van der Waals surface area contributed by atoms with E-state index in [1.54, 1.807) is 12.1 Å². The van der Waals surface area contributed by atoms with Crippen LogP contribution < -0.4 is 11.1 Å². The molecule has 0 fully saturated rings. The third-order valence-corrected chi connectivity index (χ3v) is 1.21. The van der Waals surface area contributed by atoms with Crippen LogP contribution >= 0.6 is 0 Å². The van der Waals surface area contributed by atoms with Crippen LogP contribution in [0.5, 0.6) is 0 Å². The molecule has 0 bridgehead atoms. The minimum Gasteiger partial charge on any atom is -0.368 e. The Bertz CT molecular complexity index is 303. The first-order valence-corrected chi connectivity index (χ1v) is 3.19. The molecule has 0 saturated carbocycles. The lowest BCUT2D eigenvalue weighted by Crippen LogP contribution is -2.12. The molecule has 58 valence electrons. The molecular formula is C7H10N4. The molecule has 1 aromatic rings. The molecule has 0 aromatic carbocycles. The molecule has 0 aliphatic rings. The van der Waals surface area contributed by atoms with E-state index >= 15 is 0 Å². The molecule has 1 rings (SSSR count). The number of pyridine rings is 1. The van der Waals surface area contributed by atoms with Gasteiger partial charge in [-0.05, 0) is 12.1 Å². The zero-order valence-electron chi connectivity index (χ0n) is 6.28. The number of nitrogens with one attached hydrogen (secondary N) is 1. The average Bonchev–Trinajstić information content (AvgIpc) is 1.93. The van der Waals surface area contributed by atoms with Gasteiger partial charge in [0.25, 0.3) is 0 Å². The fraction of sp³-hybridized carbons (Fsp3) is 0.143. The van der Waals surface area contributed by atoms with Crippen LogP contribution in [-0.4, -0.2) is 10.5 Å². The predicted octanol–water partition coefficient (Wildman–Crippen LogP) is -0.181. The molecule has 1 aromatic heterocycles. The number of hydrogen-bond acceptors (Lipinski definition) is 1. The Balaban J connectivity index is 3.08. The van der Waals surface area contributed by atoms with Gasteiger partial charge in [-0.2, -0.15) is 0 Å². The molecule has 3 N–H and O–H groups in total. The predicted molar refractivity (Wildman–Crippen MR) is 42.9 cm³/mol. The summed E-state index contributed by atoms with van der Waals surface area (Å²) in [6, 6.07) is 3.59. The molecular weight excluding hydrogens is 140 g/mol. The first-order chi connectivity index (χ1) is 5.18. The highest BCUT2D eigenvalue weighted by molar-refractivity contribution is 5.75. The highest BCUT2D eigenvalue weighted by Gasteiger charge is 1.81. The summed E-state index contributed by atoms with van der Waals surface area (Å²) in [7, 11) is 1.91. The van der Waals surface area contributed by atoms with E-state index in [0.717, 1.165) is 0 Å². The van der Waals surface area contributed by atoms with E-state index in [-0.39, 0.29) is 5.96 Å². The molecule has 4 nitrogen and oxygen atoms in total. The third kappa shape index (κ3) is 2.25. The zero-order chi connectivity index (χ0) is 8.27. The first kappa shape index (κ1) is 7.53. The van der Waals surface area contributed by atoms with Gasteiger partial charge in [0.15, 0.2) is 0 Å². The van der Waals surface area contributed by atoms with Crippen LogP contribution in [0.25, 0.3) is 0 Å². The molecule has 11 heavy (non-hydrogen) atoms. The van der Waals surface area contributed by atoms with Crippen molar-refractivity contribution in [2.75, 3.05) is 0 Å². The molecule has 0 spiro atoms. The molecule has 0 unspecified atom stereocenters. The number of nitrogens with zero attached hydrogens (tertiary/aromatic N) is 2. The summed E-state index contributed by atoms with van der Waals surface area (Å²) in [4.78, 5) is 3.75. The minimum absolute atomic E-state index is 0.168. The second kappa shape index (κ2) is 3.01. The highest BCUT2D eigenvalue weighted by Crippen LogP contribution is 1.76. The van der Waals surface area contributed by atoms with E-state index in [1.165, 1.54) is 0 Å². The number of aromatic nitrogens is 1. The highest BCUT2D eigenvalue weighted by atomic mass is 15.0. The van der Waals surface area contributed by atoms with Gasteiger partial charge in [-0.15, -0.1) is 0 Å². The summed E-state index contributed by atoms with van der Waals surface area (Å²) >= 11 is 0. The van der Waals surface area contributed by atoms with E-state index in [4.69, 9.17) is 11.1 Å². The summed E-state index contributed by atoms with van der Waals surface area (Å²) < 4.78 is 1.89. The lowest BCUT2D eigenvalue weighted by atomic mass is 10.4. The van der Waals surface area contributed by atoms with Gasteiger partial charge in [0, 0.05) is 19.4 Å². The van der Waals surface area contributed by atoms with Crippen molar-refractivity contribution in [1.29, 1.82) is 5.41 Å². The minimum atomic E-state index is -0.168. The zero-order valence-corrected chi connectivity index (χ0v) is 6.28. The second-order valence-corrected chi connectivity index (χ2v) is 2.22. The number of rotatable bonds is 0. The van der Waals surface area contributed by atoms with Gasteiger partial charge >= 0.3 is 0 Å². The van der Waals surface area contributed by atoms with E-state index in [2.05, 4.69) is 4.99 Å². The van der Waals surface area contributed by atoms with Crippen LogP contribution in [0, 0.1) is 5.41 Å². The smallest absolute Gasteiger partial charge is 0.212 e. The molecule has 0 radical (unpaired) electrons. The lowest BCUT2D eigenvalue weighted by molar-refractivity contribution is 0.897. The van der Waals surface area contributed by atoms with E-state index in [9.17, 15) is 0 Å². The van der Waals surface area contributed by atoms with Crippen LogP contribution in [0.15, 0.2) is 29.5 Å². The lowest BCUT2D eigenvalue weighted by Gasteiger charge is -1.93. The van der Waals surface area contributed by atoms with Crippen molar-refractivity contribution < 1.29 is 0 Å². The van der Waals surface area contributed by atoms with Gasteiger partial charge < -0.3 is 10.3 Å². The van der Waals surface area contributed by atoms with Gasteiger partial charge in [-0.1, -0.05) is 0 Å². The third-order valence-electron chi connectivity index (χ3n) is 1.21. The molecule has 0 aliphatic heterocycles. The van der Waals surface area contributed by atoms with Gasteiger partial charge in [-0.25, -0.2) is 4.99 Å². The van der Waals surface area contributed by atoms with Crippen LogP contribution in [0.2, 0.25) is 0 Å². The topological polar surface area (TPSA) is 67.2 Å². The first-order valence-electron chi connectivity index (χ1n) is 3.19. The normalized spacial score (nSPS) is 9.18. The van der Waals surface area contributed by atoms with Crippen molar-refractivity contribution in [3.05, 3.63) is 29.9 Å². The monoisotopic (exact) mass is 150 g/mol. The molecule has 0 aliphatic carbocycles. The number of guanidine groups is 1. The Morgan fingerprint density at radius 1 is 1.55 bits per heavy atom. The van der Waals surface area contributed by atoms with Crippen molar-refractivity contribution in [2.45, 2.75) is 0 Å². The van der Waals surface area contributed by atoms with Gasteiger partial charge in [0.2, 0.25) is 5.96 Å². The molecule has 1 heterocycles. The number of aryl methyl sites for hydroxylation is 1. The van der Waals surface area contributed by atoms with Crippen LogP contribution in [-0.2, 0) is 7.05 Å². The van der Waals surface area contributed by atoms with E-state index in [0.29, 0.717) is 5.36 Å². The maximum atomic E-state index is 6.89. The second-order valence-electron chi connectivity index (χ2n) is 2.22. The quantitative estimate of drug-likeness (QED) is 0.391. The Morgan fingerprint density at radius 2 is 2.09 bits per heavy atom. The van der Waals surface area contributed by atoms with Gasteiger partial charge in [-0.3, -0.25) is 5.41 Å². The van der Waals surface area contributed by atoms with Crippen molar-refractivity contribution in [3.8, 4) is 0 Å². The van der Waals surface area contributed by atoms with Crippen LogP contribution in [0.4, 0.5) is 0 Å². The summed E-state index contributed by atoms with van der Waals surface area (Å²) in [5, 5.41) is 7.59. The summed E-state index contributed by atoms with van der Waals surface area (Å²) in [5.41, 5.74) is 5.07.